The maximum absolute atomic E-state index is 10.1. The first-order chi connectivity index (χ1) is 5.67. The minimum Gasteiger partial charge on any atom is -0.211 e. The molecular formula is C10H13NO. The van der Waals surface area contributed by atoms with Crippen molar-refractivity contribution in [3.63, 3.8) is 0 Å². The molecule has 0 N–H and O–H groups in total. The first-order valence-corrected chi connectivity index (χ1v) is 4.09. The summed E-state index contributed by atoms with van der Waals surface area (Å²) >= 11 is 0. The average Bonchev–Trinajstić information content (AvgIpc) is 2.06. The van der Waals surface area contributed by atoms with Gasteiger partial charge in [-0.05, 0) is 20.3 Å². The summed E-state index contributed by atoms with van der Waals surface area (Å²) in [5.74, 6) is 0.323. The second kappa shape index (κ2) is 3.51. The SMILES string of the molecule is CC(C)(N=C=O)C1C=CC=CC1. The van der Waals surface area contributed by atoms with Crippen LogP contribution in [-0.2, 0) is 4.79 Å². The van der Waals surface area contributed by atoms with E-state index in [9.17, 15) is 4.79 Å². The van der Waals surface area contributed by atoms with Crippen LogP contribution in [0.25, 0.3) is 0 Å². The van der Waals surface area contributed by atoms with Gasteiger partial charge in [0.15, 0.2) is 0 Å². The lowest BCUT2D eigenvalue weighted by molar-refractivity contribution is 0.383. The molecule has 0 aromatic rings. The van der Waals surface area contributed by atoms with Crippen LogP contribution in [-0.4, -0.2) is 11.6 Å². The third-order valence-corrected chi connectivity index (χ3v) is 2.22. The maximum atomic E-state index is 10.1. The molecule has 0 heterocycles. The van der Waals surface area contributed by atoms with Crippen molar-refractivity contribution >= 4 is 6.08 Å². The first kappa shape index (κ1) is 8.95. The molecule has 0 spiro atoms. The molecule has 1 unspecified atom stereocenters. The summed E-state index contributed by atoms with van der Waals surface area (Å²) < 4.78 is 0. The number of hydrogen-bond acceptors (Lipinski definition) is 2. The Kier molecular flexibility index (Phi) is 2.61. The lowest BCUT2D eigenvalue weighted by atomic mass is 9.83. The van der Waals surface area contributed by atoms with E-state index in [2.05, 4.69) is 17.1 Å². The molecule has 2 heteroatoms. The van der Waals surface area contributed by atoms with Gasteiger partial charge in [0.2, 0.25) is 6.08 Å². The van der Waals surface area contributed by atoms with E-state index in [1.807, 2.05) is 26.0 Å². The topological polar surface area (TPSA) is 29.4 Å². The molecule has 0 aliphatic heterocycles. The number of rotatable bonds is 2. The van der Waals surface area contributed by atoms with Crippen LogP contribution in [0.4, 0.5) is 0 Å². The van der Waals surface area contributed by atoms with Gasteiger partial charge in [-0.2, -0.15) is 4.99 Å². The van der Waals surface area contributed by atoms with Crippen molar-refractivity contribution in [1.82, 2.24) is 0 Å². The number of aliphatic imine (C=N–C) groups is 1. The Morgan fingerprint density at radius 2 is 2.25 bits per heavy atom. The highest BCUT2D eigenvalue weighted by molar-refractivity contribution is 5.35. The van der Waals surface area contributed by atoms with E-state index in [4.69, 9.17) is 0 Å². The summed E-state index contributed by atoms with van der Waals surface area (Å²) in [5.41, 5.74) is -0.316. The second-order valence-electron chi connectivity index (χ2n) is 3.51. The number of nitrogens with zero attached hydrogens (tertiary/aromatic N) is 1. The normalized spacial score (nSPS) is 22.0. The molecule has 0 saturated carbocycles. The van der Waals surface area contributed by atoms with Crippen LogP contribution in [0.15, 0.2) is 29.3 Å². The van der Waals surface area contributed by atoms with Crippen molar-refractivity contribution in [2.75, 3.05) is 0 Å². The van der Waals surface area contributed by atoms with Crippen LogP contribution in [0.1, 0.15) is 20.3 Å². The number of hydrogen-bond donors (Lipinski definition) is 0. The van der Waals surface area contributed by atoms with Gasteiger partial charge < -0.3 is 0 Å². The monoisotopic (exact) mass is 163 g/mol. The van der Waals surface area contributed by atoms with Crippen LogP contribution < -0.4 is 0 Å². The van der Waals surface area contributed by atoms with Crippen LogP contribution in [0.2, 0.25) is 0 Å². The van der Waals surface area contributed by atoms with Gasteiger partial charge in [-0.3, -0.25) is 0 Å². The Labute approximate surface area is 72.7 Å². The lowest BCUT2D eigenvalue weighted by Crippen LogP contribution is -2.27. The summed E-state index contributed by atoms with van der Waals surface area (Å²) in [5, 5.41) is 0. The molecule has 1 atom stereocenters. The molecule has 1 rings (SSSR count). The number of isocyanates is 1. The molecule has 0 bridgehead atoms. The average molecular weight is 163 g/mol. The summed E-state index contributed by atoms with van der Waals surface area (Å²) in [7, 11) is 0. The van der Waals surface area contributed by atoms with Crippen molar-refractivity contribution in [2.45, 2.75) is 25.8 Å². The zero-order chi connectivity index (χ0) is 9.03. The number of allylic oxidation sites excluding steroid dienone is 3. The molecule has 0 saturated heterocycles. The van der Waals surface area contributed by atoms with Gasteiger partial charge in [0.1, 0.15) is 0 Å². The quantitative estimate of drug-likeness (QED) is 0.453. The molecule has 0 radical (unpaired) electrons. The molecule has 0 aromatic carbocycles. The largest absolute Gasteiger partial charge is 0.235 e. The zero-order valence-electron chi connectivity index (χ0n) is 7.45. The molecule has 64 valence electrons. The first-order valence-electron chi connectivity index (χ1n) is 4.09. The smallest absolute Gasteiger partial charge is 0.211 e. The van der Waals surface area contributed by atoms with E-state index < -0.39 is 0 Å². The lowest BCUT2D eigenvalue weighted by Gasteiger charge is -2.26. The molecule has 1 aliphatic carbocycles. The van der Waals surface area contributed by atoms with E-state index in [1.165, 1.54) is 0 Å². The molecule has 12 heavy (non-hydrogen) atoms. The van der Waals surface area contributed by atoms with Crippen LogP contribution in [0, 0.1) is 5.92 Å². The summed E-state index contributed by atoms with van der Waals surface area (Å²) in [4.78, 5) is 13.9. The van der Waals surface area contributed by atoms with Crippen LogP contribution in [0.3, 0.4) is 0 Å². The van der Waals surface area contributed by atoms with Gasteiger partial charge in [-0.15, -0.1) is 0 Å². The van der Waals surface area contributed by atoms with Gasteiger partial charge >= 0.3 is 0 Å². The third kappa shape index (κ3) is 1.93. The third-order valence-electron chi connectivity index (χ3n) is 2.22. The van der Waals surface area contributed by atoms with Gasteiger partial charge in [-0.25, -0.2) is 4.79 Å². The zero-order valence-corrected chi connectivity index (χ0v) is 7.45. The summed E-state index contributed by atoms with van der Waals surface area (Å²) in [6, 6.07) is 0. The maximum Gasteiger partial charge on any atom is 0.235 e. The predicted octanol–water partition coefficient (Wildman–Crippen LogP) is 2.23. The van der Waals surface area contributed by atoms with Crippen molar-refractivity contribution in [3.8, 4) is 0 Å². The van der Waals surface area contributed by atoms with E-state index in [1.54, 1.807) is 6.08 Å². The molecule has 0 aromatic heterocycles. The van der Waals surface area contributed by atoms with Crippen molar-refractivity contribution in [2.24, 2.45) is 10.9 Å². The van der Waals surface area contributed by atoms with Gasteiger partial charge in [0.05, 0.1) is 5.54 Å². The summed E-state index contributed by atoms with van der Waals surface area (Å²) in [6.45, 7) is 3.90. The van der Waals surface area contributed by atoms with Crippen LogP contribution >= 0.6 is 0 Å². The highest BCUT2D eigenvalue weighted by atomic mass is 16.1. The van der Waals surface area contributed by atoms with E-state index >= 15 is 0 Å². The van der Waals surface area contributed by atoms with Crippen molar-refractivity contribution in [1.29, 1.82) is 0 Å². The fourth-order valence-corrected chi connectivity index (χ4v) is 1.31. The molecule has 2 nitrogen and oxygen atoms in total. The Bertz CT molecular complexity index is 257. The van der Waals surface area contributed by atoms with Gasteiger partial charge in [0.25, 0.3) is 0 Å². The van der Waals surface area contributed by atoms with E-state index in [0.29, 0.717) is 5.92 Å². The summed E-state index contributed by atoms with van der Waals surface area (Å²) in [6.07, 6.45) is 10.8. The molecule has 1 aliphatic rings. The highest BCUT2D eigenvalue weighted by Gasteiger charge is 2.26. The second-order valence-corrected chi connectivity index (χ2v) is 3.51. The Morgan fingerprint density at radius 3 is 2.75 bits per heavy atom. The van der Waals surface area contributed by atoms with Crippen molar-refractivity contribution < 1.29 is 4.79 Å². The van der Waals surface area contributed by atoms with E-state index in [0.717, 1.165) is 6.42 Å². The Hall–Kier alpha value is -1.14. The number of carbonyl (C=O) groups excluding carboxylic acids is 1. The Morgan fingerprint density at radius 1 is 1.50 bits per heavy atom. The predicted molar refractivity (Wildman–Crippen MR) is 48.6 cm³/mol. The minimum atomic E-state index is -0.316. The fraction of sp³-hybridized carbons (Fsp3) is 0.500. The Balaban J connectivity index is 2.75. The standard InChI is InChI=1S/C10H13NO/c1-10(2,11-8-12)9-6-4-3-5-7-9/h3-6,9H,7H2,1-2H3. The molecular weight excluding hydrogens is 150 g/mol. The molecule has 0 amide bonds. The molecule has 0 fully saturated rings. The van der Waals surface area contributed by atoms with Gasteiger partial charge in [-0.1, -0.05) is 24.3 Å². The van der Waals surface area contributed by atoms with E-state index in [-0.39, 0.29) is 5.54 Å². The fourth-order valence-electron chi connectivity index (χ4n) is 1.31. The highest BCUT2D eigenvalue weighted by Crippen LogP contribution is 2.27. The van der Waals surface area contributed by atoms with Gasteiger partial charge in [0, 0.05) is 5.92 Å². The van der Waals surface area contributed by atoms with Crippen LogP contribution in [0.5, 0.6) is 0 Å². The van der Waals surface area contributed by atoms with Crippen molar-refractivity contribution in [3.05, 3.63) is 24.3 Å². The minimum absolute atomic E-state index is 0.316.